The monoisotopic (exact) mass is 411 g/mol. The van der Waals surface area contributed by atoms with E-state index in [1.807, 2.05) is 19.9 Å². The van der Waals surface area contributed by atoms with Crippen molar-refractivity contribution in [2.75, 3.05) is 11.9 Å². The molecule has 1 N–H and O–H groups in total. The number of anilines is 1. The summed E-state index contributed by atoms with van der Waals surface area (Å²) in [6.07, 6.45) is 0.630. The lowest BCUT2D eigenvalue weighted by Gasteiger charge is -2.20. The van der Waals surface area contributed by atoms with E-state index in [2.05, 4.69) is 45.1 Å². The van der Waals surface area contributed by atoms with Crippen molar-refractivity contribution in [3.05, 3.63) is 59.2 Å². The topological polar surface area (TPSA) is 64.6 Å². The maximum atomic E-state index is 12.9. The van der Waals surface area contributed by atoms with Crippen molar-refractivity contribution in [2.24, 2.45) is 0 Å². The van der Waals surface area contributed by atoms with Gasteiger partial charge in [0.25, 0.3) is 5.91 Å². The van der Waals surface area contributed by atoms with Crippen molar-refractivity contribution in [3.63, 3.8) is 0 Å². The lowest BCUT2D eigenvalue weighted by Crippen LogP contribution is -2.20. The van der Waals surface area contributed by atoms with Crippen LogP contribution in [0.3, 0.4) is 0 Å². The largest absolute Gasteiger partial charge is 0.482 e. The van der Waals surface area contributed by atoms with Crippen molar-refractivity contribution in [3.8, 4) is 5.75 Å². The number of hydrogen-bond acceptors (Lipinski definition) is 4. The number of amides is 1. The van der Waals surface area contributed by atoms with E-state index in [1.54, 1.807) is 24.3 Å². The lowest BCUT2D eigenvalue weighted by atomic mass is 9.92. The molecule has 5 heteroatoms. The maximum Gasteiger partial charge on any atom is 0.344 e. The third-order valence-corrected chi connectivity index (χ3v) is 4.99. The highest BCUT2D eigenvalue weighted by molar-refractivity contribution is 6.05. The summed E-state index contributed by atoms with van der Waals surface area (Å²) in [5, 5.41) is 3.10. The first-order valence-corrected chi connectivity index (χ1v) is 10.6. The fourth-order valence-corrected chi connectivity index (χ4v) is 3.07. The van der Waals surface area contributed by atoms with Gasteiger partial charge in [-0.25, -0.2) is 4.79 Å². The highest BCUT2D eigenvalue weighted by Crippen LogP contribution is 2.32. The molecule has 0 aromatic heterocycles. The molecule has 162 valence electrons. The number of benzene rings is 2. The number of carbonyl (C=O) groups is 2. The third kappa shape index (κ3) is 6.34. The van der Waals surface area contributed by atoms with Crippen LogP contribution in [0, 0.1) is 0 Å². The number of ether oxygens (including phenoxy) is 2. The number of rotatable bonds is 9. The van der Waals surface area contributed by atoms with Gasteiger partial charge in [-0.1, -0.05) is 52.8 Å². The van der Waals surface area contributed by atoms with Gasteiger partial charge in [0, 0.05) is 11.3 Å². The molecule has 0 aliphatic rings. The van der Waals surface area contributed by atoms with Crippen LogP contribution >= 0.6 is 0 Å². The molecular weight excluding hydrogens is 378 g/mol. The summed E-state index contributed by atoms with van der Waals surface area (Å²) < 4.78 is 10.6. The highest BCUT2D eigenvalue weighted by atomic mass is 16.6. The molecule has 0 fully saturated rings. The Hall–Kier alpha value is -2.82. The van der Waals surface area contributed by atoms with Gasteiger partial charge in [-0.15, -0.1) is 0 Å². The summed E-state index contributed by atoms with van der Waals surface area (Å²) in [5.41, 5.74) is 3.65. The predicted octanol–water partition coefficient (Wildman–Crippen LogP) is 5.91. The standard InChI is InChI=1S/C25H33NO4/c1-7-18(6)30-23(27)15-29-20-13-11-19(12-14-20)25(28)26-24-21(16(2)3)9-8-10-22(24)17(4)5/h8-14,16-18H,7,15H2,1-6H3,(H,26,28)/t18-/m0/s1. The molecule has 2 aromatic rings. The van der Waals surface area contributed by atoms with Gasteiger partial charge in [0.15, 0.2) is 6.61 Å². The van der Waals surface area contributed by atoms with E-state index < -0.39 is 5.97 Å². The zero-order valence-electron chi connectivity index (χ0n) is 18.8. The summed E-state index contributed by atoms with van der Waals surface area (Å²) >= 11 is 0. The molecule has 2 rings (SSSR count). The molecule has 0 saturated carbocycles. The van der Waals surface area contributed by atoms with Crippen molar-refractivity contribution < 1.29 is 19.1 Å². The molecule has 0 saturated heterocycles. The van der Waals surface area contributed by atoms with Crippen molar-refractivity contribution >= 4 is 17.6 Å². The second-order valence-electron chi connectivity index (χ2n) is 8.10. The second kappa shape index (κ2) is 10.8. The first-order valence-electron chi connectivity index (χ1n) is 10.6. The van der Waals surface area contributed by atoms with Gasteiger partial charge >= 0.3 is 5.97 Å². The quantitative estimate of drug-likeness (QED) is 0.521. The van der Waals surface area contributed by atoms with Crippen LogP contribution in [0.5, 0.6) is 5.75 Å². The minimum Gasteiger partial charge on any atom is -0.482 e. The first kappa shape index (κ1) is 23.5. The van der Waals surface area contributed by atoms with Crippen LogP contribution in [-0.2, 0) is 9.53 Å². The molecule has 0 spiro atoms. The van der Waals surface area contributed by atoms with Crippen molar-refractivity contribution in [2.45, 2.75) is 65.9 Å². The number of esters is 1. The van der Waals surface area contributed by atoms with Gasteiger partial charge in [-0.05, 0) is 60.6 Å². The summed E-state index contributed by atoms with van der Waals surface area (Å²) in [6, 6.07) is 12.9. The molecule has 30 heavy (non-hydrogen) atoms. The zero-order chi connectivity index (χ0) is 22.3. The van der Waals surface area contributed by atoms with Crippen LogP contribution in [0.25, 0.3) is 0 Å². The minimum atomic E-state index is -0.405. The number of para-hydroxylation sites is 1. The number of hydrogen-bond donors (Lipinski definition) is 1. The first-order chi connectivity index (χ1) is 14.2. The predicted molar refractivity (Wildman–Crippen MR) is 120 cm³/mol. The molecule has 0 heterocycles. The van der Waals surface area contributed by atoms with Crippen molar-refractivity contribution in [1.29, 1.82) is 0 Å². The Morgan fingerprint density at radius 1 is 0.900 bits per heavy atom. The Balaban J connectivity index is 2.08. The van der Waals surface area contributed by atoms with Crippen LogP contribution in [0.15, 0.2) is 42.5 Å². The zero-order valence-corrected chi connectivity index (χ0v) is 18.8. The van der Waals surface area contributed by atoms with Gasteiger partial charge in [-0.2, -0.15) is 0 Å². The average molecular weight is 412 g/mol. The van der Waals surface area contributed by atoms with Gasteiger partial charge in [0.1, 0.15) is 5.75 Å². The van der Waals surface area contributed by atoms with E-state index >= 15 is 0 Å². The Morgan fingerprint density at radius 2 is 1.47 bits per heavy atom. The van der Waals surface area contributed by atoms with E-state index in [4.69, 9.17) is 9.47 Å². The van der Waals surface area contributed by atoms with Gasteiger partial charge in [-0.3, -0.25) is 4.79 Å². The second-order valence-corrected chi connectivity index (χ2v) is 8.10. The molecule has 1 amide bonds. The number of nitrogens with one attached hydrogen (secondary N) is 1. The van der Waals surface area contributed by atoms with Crippen LogP contribution in [-0.4, -0.2) is 24.6 Å². The molecule has 5 nitrogen and oxygen atoms in total. The van der Waals surface area contributed by atoms with E-state index in [0.717, 1.165) is 23.2 Å². The van der Waals surface area contributed by atoms with Gasteiger partial charge in [0.2, 0.25) is 0 Å². The molecule has 0 aliphatic carbocycles. The molecule has 0 unspecified atom stereocenters. The SMILES string of the molecule is CC[C@H](C)OC(=O)COc1ccc(C(=O)Nc2c(C(C)C)cccc2C(C)C)cc1. The minimum absolute atomic E-state index is 0.128. The molecule has 2 aromatic carbocycles. The molecule has 0 aliphatic heterocycles. The Labute approximate surface area is 179 Å². The summed E-state index contributed by atoms with van der Waals surface area (Å²) in [5.74, 6) is 0.526. The van der Waals surface area contributed by atoms with Crippen LogP contribution in [0.4, 0.5) is 5.69 Å². The fraction of sp³-hybridized carbons (Fsp3) is 0.440. The average Bonchev–Trinajstić information content (AvgIpc) is 2.72. The Kier molecular flexibility index (Phi) is 8.46. The smallest absolute Gasteiger partial charge is 0.344 e. The molecule has 1 atom stereocenters. The van der Waals surface area contributed by atoms with Gasteiger partial charge in [0.05, 0.1) is 6.10 Å². The normalized spacial score (nSPS) is 12.0. The molecular formula is C25H33NO4. The summed E-state index contributed by atoms with van der Waals surface area (Å²) in [4.78, 5) is 24.6. The van der Waals surface area contributed by atoms with Crippen LogP contribution in [0.2, 0.25) is 0 Å². The summed E-state index contributed by atoms with van der Waals surface area (Å²) in [7, 11) is 0. The lowest BCUT2D eigenvalue weighted by molar-refractivity contribution is -0.150. The molecule has 0 bridgehead atoms. The summed E-state index contributed by atoms with van der Waals surface area (Å²) in [6.45, 7) is 12.1. The fourth-order valence-electron chi connectivity index (χ4n) is 3.07. The maximum absolute atomic E-state index is 12.9. The van der Waals surface area contributed by atoms with Gasteiger partial charge < -0.3 is 14.8 Å². The van der Waals surface area contributed by atoms with E-state index in [-0.39, 0.29) is 18.6 Å². The highest BCUT2D eigenvalue weighted by Gasteiger charge is 2.17. The Bertz CT molecular complexity index is 830. The van der Waals surface area contributed by atoms with Crippen molar-refractivity contribution in [1.82, 2.24) is 0 Å². The van der Waals surface area contributed by atoms with E-state index in [1.165, 1.54) is 0 Å². The van der Waals surface area contributed by atoms with E-state index in [0.29, 0.717) is 23.1 Å². The van der Waals surface area contributed by atoms with E-state index in [9.17, 15) is 9.59 Å². The van der Waals surface area contributed by atoms with Crippen LogP contribution in [0.1, 0.15) is 81.3 Å². The third-order valence-electron chi connectivity index (χ3n) is 4.99. The number of carbonyl (C=O) groups excluding carboxylic acids is 2. The van der Waals surface area contributed by atoms with Crippen LogP contribution < -0.4 is 10.1 Å². The molecule has 0 radical (unpaired) electrons. The Morgan fingerprint density at radius 3 is 1.97 bits per heavy atom.